The second kappa shape index (κ2) is 2.80. The molecule has 0 saturated heterocycles. The zero-order valence-corrected chi connectivity index (χ0v) is 8.64. The largest absolute Gasteiger partial charge is 0.385 e. The highest BCUT2D eigenvalue weighted by Gasteiger charge is 2.51. The number of para-hydroxylation sites is 1. The summed E-state index contributed by atoms with van der Waals surface area (Å²) in [5.74, 6) is 0.364. The van der Waals surface area contributed by atoms with Crippen molar-refractivity contribution in [3.8, 4) is 0 Å². The molecule has 2 atom stereocenters. The van der Waals surface area contributed by atoms with Crippen molar-refractivity contribution in [3.05, 3.63) is 42.1 Å². The third-order valence-electron chi connectivity index (χ3n) is 3.39. The Morgan fingerprint density at radius 3 is 2.80 bits per heavy atom. The second-order valence-corrected chi connectivity index (χ2v) is 4.41. The number of benzene rings is 1. The molecular formula is C13H13NO. The van der Waals surface area contributed by atoms with E-state index in [-0.39, 0.29) is 0 Å². The lowest BCUT2D eigenvalue weighted by atomic mass is 10.0. The smallest absolute Gasteiger partial charge is 0.0933 e. The predicted molar refractivity (Wildman–Crippen MR) is 59.4 cm³/mol. The summed E-state index contributed by atoms with van der Waals surface area (Å²) in [6.07, 6.45) is 2.64. The molecule has 76 valence electrons. The molecule has 3 rings (SSSR count). The first-order valence-corrected chi connectivity index (χ1v) is 5.28. The summed E-state index contributed by atoms with van der Waals surface area (Å²) in [6.45, 7) is 2.08. The van der Waals surface area contributed by atoms with Gasteiger partial charge in [-0.3, -0.25) is 4.98 Å². The average Bonchev–Trinajstić information content (AvgIpc) is 2.87. The molecule has 2 aromatic rings. The topological polar surface area (TPSA) is 33.1 Å². The summed E-state index contributed by atoms with van der Waals surface area (Å²) in [5.41, 5.74) is 1.38. The molecule has 0 amide bonds. The number of pyridine rings is 1. The standard InChI is InChI=1S/C13H13NO/c1-9-8-13(9,15)11-6-7-14-12-5-3-2-4-10(11)12/h2-7,9,15H,8H2,1H3. The first-order chi connectivity index (χ1) is 7.22. The van der Waals surface area contributed by atoms with Crippen molar-refractivity contribution in [2.75, 3.05) is 0 Å². The van der Waals surface area contributed by atoms with Gasteiger partial charge in [0.05, 0.1) is 11.1 Å². The summed E-state index contributed by atoms with van der Waals surface area (Å²) in [6, 6.07) is 9.91. The van der Waals surface area contributed by atoms with E-state index < -0.39 is 5.60 Å². The molecule has 2 heteroatoms. The van der Waals surface area contributed by atoms with Crippen molar-refractivity contribution in [2.45, 2.75) is 18.9 Å². The van der Waals surface area contributed by atoms with Crippen LogP contribution in [0.3, 0.4) is 0 Å². The monoisotopic (exact) mass is 199 g/mol. The Balaban J connectivity index is 2.27. The van der Waals surface area contributed by atoms with E-state index in [2.05, 4.69) is 11.9 Å². The van der Waals surface area contributed by atoms with Crippen molar-refractivity contribution >= 4 is 10.9 Å². The Hall–Kier alpha value is -1.41. The zero-order valence-electron chi connectivity index (χ0n) is 8.64. The third kappa shape index (κ3) is 1.18. The van der Waals surface area contributed by atoms with Gasteiger partial charge in [-0.1, -0.05) is 25.1 Å². The van der Waals surface area contributed by atoms with Crippen LogP contribution < -0.4 is 0 Å². The van der Waals surface area contributed by atoms with Crippen LogP contribution in [-0.4, -0.2) is 10.1 Å². The molecule has 1 saturated carbocycles. The van der Waals surface area contributed by atoms with Crippen LogP contribution in [0.1, 0.15) is 18.9 Å². The van der Waals surface area contributed by atoms with Gasteiger partial charge in [0.15, 0.2) is 0 Å². The number of hydrogen-bond acceptors (Lipinski definition) is 2. The van der Waals surface area contributed by atoms with E-state index in [1.165, 1.54) is 0 Å². The fraction of sp³-hybridized carbons (Fsp3) is 0.308. The van der Waals surface area contributed by atoms with Gasteiger partial charge >= 0.3 is 0 Å². The fourth-order valence-electron chi connectivity index (χ4n) is 2.26. The van der Waals surface area contributed by atoms with Crippen LogP contribution >= 0.6 is 0 Å². The van der Waals surface area contributed by atoms with Crippen LogP contribution in [0.2, 0.25) is 0 Å². The third-order valence-corrected chi connectivity index (χ3v) is 3.39. The number of aromatic nitrogens is 1. The lowest BCUT2D eigenvalue weighted by Crippen LogP contribution is -2.08. The molecule has 1 fully saturated rings. The molecule has 2 unspecified atom stereocenters. The summed E-state index contributed by atoms with van der Waals surface area (Å²) >= 11 is 0. The van der Waals surface area contributed by atoms with Gasteiger partial charge in [-0.15, -0.1) is 0 Å². The van der Waals surface area contributed by atoms with Gasteiger partial charge in [0, 0.05) is 11.6 Å². The Morgan fingerprint density at radius 2 is 2.07 bits per heavy atom. The highest BCUT2D eigenvalue weighted by molar-refractivity contribution is 5.83. The molecule has 1 aliphatic carbocycles. The Kier molecular flexibility index (Phi) is 1.65. The van der Waals surface area contributed by atoms with E-state index in [4.69, 9.17) is 0 Å². The van der Waals surface area contributed by atoms with Gasteiger partial charge in [0.2, 0.25) is 0 Å². The number of hydrogen-bond donors (Lipinski definition) is 1. The minimum Gasteiger partial charge on any atom is -0.385 e. The van der Waals surface area contributed by atoms with Crippen molar-refractivity contribution in [2.24, 2.45) is 5.92 Å². The van der Waals surface area contributed by atoms with Gasteiger partial charge in [-0.05, 0) is 30.0 Å². The van der Waals surface area contributed by atoms with E-state index in [0.29, 0.717) is 5.92 Å². The van der Waals surface area contributed by atoms with Crippen molar-refractivity contribution in [3.63, 3.8) is 0 Å². The van der Waals surface area contributed by atoms with Crippen LogP contribution in [0.15, 0.2) is 36.5 Å². The van der Waals surface area contributed by atoms with Gasteiger partial charge < -0.3 is 5.11 Å². The van der Waals surface area contributed by atoms with Gasteiger partial charge in [0.25, 0.3) is 0 Å². The first-order valence-electron chi connectivity index (χ1n) is 5.28. The number of nitrogens with zero attached hydrogens (tertiary/aromatic N) is 1. The van der Waals surface area contributed by atoms with Crippen LogP contribution in [0, 0.1) is 5.92 Å². The van der Waals surface area contributed by atoms with E-state index in [1.54, 1.807) is 6.20 Å². The molecule has 1 N–H and O–H groups in total. The lowest BCUT2D eigenvalue weighted by Gasteiger charge is -2.12. The molecule has 15 heavy (non-hydrogen) atoms. The molecule has 0 spiro atoms. The highest BCUT2D eigenvalue weighted by Crippen LogP contribution is 2.52. The molecule has 2 nitrogen and oxygen atoms in total. The summed E-state index contributed by atoms with van der Waals surface area (Å²) in [5, 5.41) is 11.4. The minimum atomic E-state index is -0.609. The maximum Gasteiger partial charge on any atom is 0.0933 e. The van der Waals surface area contributed by atoms with E-state index in [0.717, 1.165) is 22.9 Å². The maximum atomic E-state index is 10.3. The number of fused-ring (bicyclic) bond motifs is 1. The Bertz CT molecular complexity index is 517. The van der Waals surface area contributed by atoms with Crippen molar-refractivity contribution in [1.82, 2.24) is 4.98 Å². The molecule has 1 aromatic carbocycles. The van der Waals surface area contributed by atoms with Crippen LogP contribution in [0.5, 0.6) is 0 Å². The summed E-state index contributed by atoms with van der Waals surface area (Å²) in [4.78, 5) is 4.30. The normalized spacial score (nSPS) is 29.3. The highest BCUT2D eigenvalue weighted by atomic mass is 16.3. The van der Waals surface area contributed by atoms with Crippen LogP contribution in [0.4, 0.5) is 0 Å². The first kappa shape index (κ1) is 8.86. The molecule has 0 bridgehead atoms. The Morgan fingerprint density at radius 1 is 1.33 bits per heavy atom. The number of rotatable bonds is 1. The molecule has 0 aliphatic heterocycles. The van der Waals surface area contributed by atoms with E-state index in [9.17, 15) is 5.11 Å². The van der Waals surface area contributed by atoms with Crippen LogP contribution in [0.25, 0.3) is 10.9 Å². The van der Waals surface area contributed by atoms with Crippen molar-refractivity contribution < 1.29 is 5.11 Å². The van der Waals surface area contributed by atoms with Crippen molar-refractivity contribution in [1.29, 1.82) is 0 Å². The molecule has 1 heterocycles. The SMILES string of the molecule is CC1CC1(O)c1ccnc2ccccc12. The van der Waals surface area contributed by atoms with Gasteiger partial charge in [0.1, 0.15) is 0 Å². The van der Waals surface area contributed by atoms with Crippen LogP contribution in [-0.2, 0) is 5.60 Å². The molecule has 1 aromatic heterocycles. The second-order valence-electron chi connectivity index (χ2n) is 4.41. The Labute approximate surface area is 88.6 Å². The summed E-state index contributed by atoms with van der Waals surface area (Å²) in [7, 11) is 0. The van der Waals surface area contributed by atoms with E-state index >= 15 is 0 Å². The minimum absolute atomic E-state index is 0.364. The zero-order chi connectivity index (χ0) is 10.5. The molecular weight excluding hydrogens is 186 g/mol. The predicted octanol–water partition coefficient (Wildman–Crippen LogP) is 2.46. The quantitative estimate of drug-likeness (QED) is 0.765. The average molecular weight is 199 g/mol. The lowest BCUT2D eigenvalue weighted by molar-refractivity contribution is 0.136. The molecule has 1 aliphatic rings. The molecule has 0 radical (unpaired) electrons. The fourth-order valence-corrected chi connectivity index (χ4v) is 2.26. The maximum absolute atomic E-state index is 10.3. The van der Waals surface area contributed by atoms with Gasteiger partial charge in [-0.25, -0.2) is 0 Å². The summed E-state index contributed by atoms with van der Waals surface area (Å²) < 4.78 is 0. The van der Waals surface area contributed by atoms with Gasteiger partial charge in [-0.2, -0.15) is 0 Å². The number of aliphatic hydroxyl groups is 1. The van der Waals surface area contributed by atoms with E-state index in [1.807, 2.05) is 30.3 Å².